The maximum absolute atomic E-state index is 12.5. The van der Waals surface area contributed by atoms with Gasteiger partial charge in [0.05, 0.1) is 19.6 Å². The largest absolute Gasteiger partial charge is 0.465 e. The van der Waals surface area contributed by atoms with E-state index < -0.39 is 33.2 Å². The monoisotopic (exact) mass is 403 g/mol. The number of carbonyl (C=O) groups excluding carboxylic acids is 2. The fourth-order valence-electron chi connectivity index (χ4n) is 2.03. The number of esters is 2. The van der Waals surface area contributed by atoms with E-state index in [0.717, 1.165) is 0 Å². The summed E-state index contributed by atoms with van der Waals surface area (Å²) in [4.78, 5) is 24.6. The summed E-state index contributed by atoms with van der Waals surface area (Å²) in [5.74, 6) is -1.83. The van der Waals surface area contributed by atoms with E-state index in [-0.39, 0.29) is 66.9 Å². The van der Waals surface area contributed by atoms with Gasteiger partial charge in [0.2, 0.25) is 4.75 Å². The summed E-state index contributed by atoms with van der Waals surface area (Å²) in [5.41, 5.74) is 0. The molecule has 1 atom stereocenters. The van der Waals surface area contributed by atoms with Crippen molar-refractivity contribution in [3.05, 3.63) is 0 Å². The van der Waals surface area contributed by atoms with Gasteiger partial charge in [-0.15, -0.1) is 0 Å². The van der Waals surface area contributed by atoms with Crippen LogP contribution < -0.4 is 0 Å². The van der Waals surface area contributed by atoms with Gasteiger partial charge >= 0.3 is 11.9 Å². The summed E-state index contributed by atoms with van der Waals surface area (Å²) < 4.78 is 41.7. The van der Waals surface area contributed by atoms with Crippen LogP contribution in [0.25, 0.3) is 0 Å². The average molecular weight is 403 g/mol. The summed E-state index contributed by atoms with van der Waals surface area (Å²) in [6.07, 6.45) is -0.645. The molecule has 0 amide bonds. The van der Waals surface area contributed by atoms with Gasteiger partial charge in [-0.1, -0.05) is 41.5 Å². The van der Waals surface area contributed by atoms with Crippen LogP contribution in [0.1, 0.15) is 60.8 Å². The van der Waals surface area contributed by atoms with Gasteiger partial charge in [-0.3, -0.25) is 14.1 Å². The van der Waals surface area contributed by atoms with E-state index in [9.17, 15) is 22.6 Å². The third kappa shape index (κ3) is 9.69. The topological polar surface area (TPSA) is 107 Å². The molecule has 0 rings (SSSR count). The molecule has 0 fully saturated rings. The third-order valence-electron chi connectivity index (χ3n) is 3.55. The predicted molar refractivity (Wildman–Crippen MR) is 100 cm³/mol. The molecule has 0 aromatic heterocycles. The van der Waals surface area contributed by atoms with E-state index >= 15 is 0 Å². The molecule has 0 bridgehead atoms. The Labute approximate surface area is 179 Å². The molecule has 0 aliphatic heterocycles. The Balaban J connectivity index is 0. The third-order valence-corrected chi connectivity index (χ3v) is 5.05. The zero-order valence-corrected chi connectivity index (χ0v) is 19.9. The van der Waals surface area contributed by atoms with E-state index in [4.69, 9.17) is 9.47 Å². The van der Waals surface area contributed by atoms with Crippen molar-refractivity contribution in [3.8, 4) is 0 Å². The quantitative estimate of drug-likeness (QED) is 0.321. The first-order valence-electron chi connectivity index (χ1n) is 8.61. The summed E-state index contributed by atoms with van der Waals surface area (Å²) >= 11 is 0. The number of hydrogen-bond acceptors (Lipinski definition) is 6. The van der Waals surface area contributed by atoms with Gasteiger partial charge in [-0.25, -0.2) is 0 Å². The van der Waals surface area contributed by atoms with Crippen LogP contribution in [-0.2, 0) is 29.2 Å². The van der Waals surface area contributed by atoms with Gasteiger partial charge in [-0.2, -0.15) is 8.42 Å². The van der Waals surface area contributed by atoms with Gasteiger partial charge in [0.25, 0.3) is 10.1 Å². The molecule has 149 valence electrons. The summed E-state index contributed by atoms with van der Waals surface area (Å²) in [6, 6.07) is 0. The van der Waals surface area contributed by atoms with Gasteiger partial charge in [0.1, 0.15) is 0 Å². The van der Waals surface area contributed by atoms with Crippen molar-refractivity contribution in [2.24, 2.45) is 17.8 Å². The van der Waals surface area contributed by atoms with E-state index in [1.54, 1.807) is 13.8 Å². The first kappa shape index (κ1) is 28.1. The number of rotatable bonds is 11. The minimum absolute atomic E-state index is 0. The Hall–Kier alpha value is -0.150. The Kier molecular flexibility index (Phi) is 13.3. The molecule has 0 aliphatic carbocycles. The van der Waals surface area contributed by atoms with Crippen molar-refractivity contribution in [2.45, 2.75) is 65.6 Å². The van der Waals surface area contributed by atoms with Crippen LogP contribution in [0.15, 0.2) is 0 Å². The Morgan fingerprint density at radius 3 is 1.77 bits per heavy atom. The first-order valence-corrected chi connectivity index (χ1v) is 10.1. The van der Waals surface area contributed by atoms with Crippen molar-refractivity contribution in [1.29, 1.82) is 0 Å². The minimum Gasteiger partial charge on any atom is -0.465 e. The maximum atomic E-state index is 12.5. The predicted octanol–water partition coefficient (Wildman–Crippen LogP) is 2.46. The van der Waals surface area contributed by atoms with E-state index in [1.807, 2.05) is 27.7 Å². The number of ether oxygens (including phenoxy) is 2. The van der Waals surface area contributed by atoms with E-state index in [0.29, 0.717) is 6.42 Å². The molecule has 7 nitrogen and oxygen atoms in total. The molecule has 0 saturated heterocycles. The van der Waals surface area contributed by atoms with Crippen molar-refractivity contribution in [1.82, 2.24) is 0 Å². The number of hydrogen-bond donors (Lipinski definition) is 1. The summed E-state index contributed by atoms with van der Waals surface area (Å²) in [6.45, 7) is 11.1. The Morgan fingerprint density at radius 2 is 1.38 bits per heavy atom. The molecule has 0 aliphatic rings. The molecule has 1 radical (unpaired) electrons. The van der Waals surface area contributed by atoms with Crippen molar-refractivity contribution < 1.29 is 32.0 Å². The van der Waals surface area contributed by atoms with Crippen LogP contribution in [-0.4, -0.2) is 72.4 Å². The van der Waals surface area contributed by atoms with Crippen molar-refractivity contribution >= 4 is 51.6 Å². The second kappa shape index (κ2) is 12.3. The van der Waals surface area contributed by atoms with Crippen molar-refractivity contribution in [2.75, 3.05) is 13.2 Å². The Bertz CT molecular complexity index is 543. The van der Waals surface area contributed by atoms with Gasteiger partial charge in [-0.05, 0) is 30.6 Å². The smallest absolute Gasteiger partial charge is 0.330 e. The molecular formula is C17H32NaO7S. The van der Waals surface area contributed by atoms with Gasteiger partial charge < -0.3 is 9.47 Å². The summed E-state index contributed by atoms with van der Waals surface area (Å²) in [7, 11) is -4.88. The first-order chi connectivity index (χ1) is 11.3. The number of carbonyl (C=O) groups is 2. The van der Waals surface area contributed by atoms with Crippen LogP contribution in [0.3, 0.4) is 0 Å². The SMILES string of the molecule is CC(C)CCC(CC(=O)OCC(C)C)(C(=O)OCC(C)C)S(=O)(=O)O.[Na]. The van der Waals surface area contributed by atoms with Crippen LogP contribution in [0, 0.1) is 17.8 Å². The molecule has 1 unspecified atom stereocenters. The van der Waals surface area contributed by atoms with Crippen LogP contribution in [0.4, 0.5) is 0 Å². The molecule has 0 saturated carbocycles. The second-order valence-electron chi connectivity index (χ2n) is 7.65. The molecule has 1 N–H and O–H groups in total. The Morgan fingerprint density at radius 1 is 0.923 bits per heavy atom. The molecule has 9 heteroatoms. The minimum atomic E-state index is -4.88. The van der Waals surface area contributed by atoms with E-state index in [2.05, 4.69) is 0 Å². The molecule has 0 heterocycles. The zero-order valence-electron chi connectivity index (χ0n) is 17.1. The van der Waals surface area contributed by atoms with E-state index in [1.165, 1.54) is 0 Å². The summed E-state index contributed by atoms with van der Waals surface area (Å²) in [5, 5.41) is 0. The fraction of sp³-hybridized carbons (Fsp3) is 0.882. The maximum Gasteiger partial charge on any atom is 0.330 e. The normalized spacial score (nSPS) is 14.1. The fourth-order valence-corrected chi connectivity index (χ4v) is 2.97. The molecule has 0 spiro atoms. The average Bonchev–Trinajstić information content (AvgIpc) is 2.45. The van der Waals surface area contributed by atoms with Crippen LogP contribution >= 0.6 is 0 Å². The van der Waals surface area contributed by atoms with Gasteiger partial charge in [0, 0.05) is 29.6 Å². The van der Waals surface area contributed by atoms with Crippen molar-refractivity contribution in [3.63, 3.8) is 0 Å². The molecule has 0 aromatic carbocycles. The standard InChI is InChI=1S/C17H32O7S.Na/c1-12(2)7-8-17(25(20,21)22,16(19)24-11-14(5)6)9-15(18)23-10-13(3)4;/h12-14H,7-11H2,1-6H3,(H,20,21,22);. The molecular weight excluding hydrogens is 371 g/mol. The molecule has 26 heavy (non-hydrogen) atoms. The van der Waals surface area contributed by atoms with Crippen LogP contribution in [0.5, 0.6) is 0 Å². The zero-order chi connectivity index (χ0) is 19.8. The van der Waals surface area contributed by atoms with Crippen LogP contribution in [0.2, 0.25) is 0 Å². The van der Waals surface area contributed by atoms with Gasteiger partial charge in [0.15, 0.2) is 0 Å². The second-order valence-corrected chi connectivity index (χ2v) is 9.38. The molecule has 0 aromatic rings.